The zero-order valence-electron chi connectivity index (χ0n) is 40.8. The molecule has 0 saturated carbocycles. The molecule has 7 aromatic rings. The Morgan fingerprint density at radius 3 is 0.857 bits per heavy atom. The van der Waals surface area contributed by atoms with Crippen molar-refractivity contribution in [3.05, 3.63) is 31.2 Å². The third-order valence-electron chi connectivity index (χ3n) is 13.7. The molecule has 0 bridgehead atoms. The second-order valence-corrected chi connectivity index (χ2v) is 38.9. The van der Waals surface area contributed by atoms with Crippen molar-refractivity contribution in [3.63, 3.8) is 0 Å². The van der Waals surface area contributed by atoms with Crippen LogP contribution >= 0.6 is 88.5 Å². The standard InChI is InChI=1S/C54H78Br2S5Si2/c1-11-15-19-23-27-31-35-37(33-29-25-21-17-13-3)49-43(45(55)53(59-49)62(5,6)7)39-41-42-40-44-46(56)54(63(8,9)10)60-50(44)38(34-30-26-22-18-14-4)36(32-28-24-20-16-12-2)48(40)58-52(42)61-51(41)57-47(35)39/h11-34H2,1-10H3. The third kappa shape index (κ3) is 10.7. The molecule has 0 atom stereocenters. The molecule has 5 aromatic heterocycles. The lowest BCUT2D eigenvalue weighted by atomic mass is 9.91. The van der Waals surface area contributed by atoms with Gasteiger partial charge in [-0.1, -0.05) is 170 Å². The number of aryl methyl sites for hydroxylation is 4. The summed E-state index contributed by atoms with van der Waals surface area (Å²) in [5.41, 5.74) is 6.89. The van der Waals surface area contributed by atoms with E-state index >= 15 is 0 Å². The topological polar surface area (TPSA) is 0 Å². The smallest absolute Gasteiger partial charge is 0.0919 e. The zero-order chi connectivity index (χ0) is 45.1. The first-order valence-corrected chi connectivity index (χ1v) is 38.1. The van der Waals surface area contributed by atoms with Gasteiger partial charge in [0.25, 0.3) is 0 Å². The van der Waals surface area contributed by atoms with Gasteiger partial charge in [0.15, 0.2) is 0 Å². The predicted molar refractivity (Wildman–Crippen MR) is 312 cm³/mol. The number of unbranched alkanes of at least 4 members (excludes halogenated alkanes) is 16. The summed E-state index contributed by atoms with van der Waals surface area (Å²) in [4.78, 5) is 0. The van der Waals surface area contributed by atoms with Crippen LogP contribution in [0.15, 0.2) is 8.95 Å². The zero-order valence-corrected chi connectivity index (χ0v) is 50.0. The van der Waals surface area contributed by atoms with E-state index in [0.717, 1.165) is 0 Å². The summed E-state index contributed by atoms with van der Waals surface area (Å²) in [7, 11) is -3.26. The van der Waals surface area contributed by atoms with Crippen molar-refractivity contribution in [1.29, 1.82) is 0 Å². The van der Waals surface area contributed by atoms with Crippen molar-refractivity contribution in [1.82, 2.24) is 0 Å². The van der Waals surface area contributed by atoms with Crippen molar-refractivity contribution in [2.75, 3.05) is 0 Å². The van der Waals surface area contributed by atoms with Crippen molar-refractivity contribution < 1.29 is 0 Å². The van der Waals surface area contributed by atoms with Crippen LogP contribution in [0.4, 0.5) is 0 Å². The van der Waals surface area contributed by atoms with Crippen molar-refractivity contribution in [2.24, 2.45) is 0 Å². The molecule has 0 radical (unpaired) electrons. The fourth-order valence-corrected chi connectivity index (χ4v) is 26.7. The molecule has 0 aliphatic rings. The molecule has 0 aliphatic carbocycles. The van der Waals surface area contributed by atoms with Gasteiger partial charge in [0.05, 0.1) is 24.2 Å². The van der Waals surface area contributed by atoms with Crippen LogP contribution in [0.25, 0.3) is 59.1 Å². The molecule has 0 spiro atoms. The normalized spacial score (nSPS) is 13.0. The van der Waals surface area contributed by atoms with Gasteiger partial charge in [-0.25, -0.2) is 0 Å². The molecule has 7 rings (SSSR count). The molecule has 0 amide bonds. The Hall–Kier alpha value is -0.106. The maximum Gasteiger partial charge on any atom is 0.0919 e. The highest BCUT2D eigenvalue weighted by atomic mass is 79.9. The molecule has 0 aliphatic heterocycles. The van der Waals surface area contributed by atoms with E-state index in [1.165, 1.54) is 163 Å². The summed E-state index contributed by atoms with van der Waals surface area (Å²) < 4.78 is 15.9. The highest BCUT2D eigenvalue weighted by molar-refractivity contribution is 9.11. The van der Waals surface area contributed by atoms with Gasteiger partial charge < -0.3 is 0 Å². The van der Waals surface area contributed by atoms with Crippen LogP contribution < -0.4 is 9.00 Å². The number of hydrogen-bond acceptors (Lipinski definition) is 5. The highest BCUT2D eigenvalue weighted by Crippen LogP contribution is 2.57. The Morgan fingerprint density at radius 1 is 0.317 bits per heavy atom. The lowest BCUT2D eigenvalue weighted by molar-refractivity contribution is 0.623. The van der Waals surface area contributed by atoms with Crippen LogP contribution in [-0.4, -0.2) is 16.1 Å². The van der Waals surface area contributed by atoms with Gasteiger partial charge in [-0.15, -0.1) is 56.7 Å². The number of halogens is 2. The average molecular weight is 1100 g/mol. The molecule has 346 valence electrons. The van der Waals surface area contributed by atoms with Gasteiger partial charge >= 0.3 is 0 Å². The van der Waals surface area contributed by atoms with Gasteiger partial charge in [0.2, 0.25) is 0 Å². The SMILES string of the molecule is CCCCCCCc1c(CCCCCCC)c2sc3sc4sc5c(CCCCCCC)c(CCCCCCC)c6sc([Si](C)(C)C)c(Br)c6c5c4c3c2c2c(Br)c([Si](C)(C)C)sc12. The molecule has 2 aromatic carbocycles. The number of rotatable bonds is 26. The lowest BCUT2D eigenvalue weighted by Gasteiger charge is -2.15. The lowest BCUT2D eigenvalue weighted by Crippen LogP contribution is -2.35. The Bertz CT molecular complexity index is 2460. The molecule has 0 unspecified atom stereocenters. The Labute approximate surface area is 421 Å². The Balaban J connectivity index is 1.57. The minimum absolute atomic E-state index is 1.23. The maximum absolute atomic E-state index is 4.45. The van der Waals surface area contributed by atoms with Gasteiger partial charge in [-0.3, -0.25) is 0 Å². The molecule has 0 N–H and O–H groups in total. The summed E-state index contributed by atoms with van der Waals surface area (Å²) in [5.74, 6) is 0. The molecular weight excluding hydrogens is 1020 g/mol. The molecule has 0 fully saturated rings. The van der Waals surface area contributed by atoms with Crippen LogP contribution in [0.1, 0.15) is 178 Å². The summed E-state index contributed by atoms with van der Waals surface area (Å²) in [6.07, 6.45) is 31.7. The first-order valence-electron chi connectivity index (χ1n) is 25.4. The van der Waals surface area contributed by atoms with E-state index in [0.29, 0.717) is 0 Å². The quantitative estimate of drug-likeness (QED) is 0.0374. The van der Waals surface area contributed by atoms with E-state index in [1.54, 1.807) is 90.4 Å². The first-order chi connectivity index (χ1) is 30.3. The number of thiophene rings is 5. The van der Waals surface area contributed by atoms with E-state index in [-0.39, 0.29) is 0 Å². The molecule has 9 heteroatoms. The molecule has 0 saturated heterocycles. The van der Waals surface area contributed by atoms with Crippen molar-refractivity contribution in [3.8, 4) is 0 Å². The number of benzene rings is 2. The van der Waals surface area contributed by atoms with E-state index in [4.69, 9.17) is 0 Å². The largest absolute Gasteiger partial charge is 0.143 e. The molecule has 5 heterocycles. The maximum atomic E-state index is 4.45. The first kappa shape index (κ1) is 50.8. The summed E-state index contributed by atoms with van der Waals surface area (Å²) in [6, 6.07) is 0. The highest BCUT2D eigenvalue weighted by Gasteiger charge is 2.33. The number of fused-ring (bicyclic) bond motifs is 11. The van der Waals surface area contributed by atoms with Gasteiger partial charge in [0.1, 0.15) is 0 Å². The average Bonchev–Trinajstić information content (AvgIpc) is 4.03. The van der Waals surface area contributed by atoms with Crippen LogP contribution in [0, 0.1) is 0 Å². The molecule has 0 nitrogen and oxygen atoms in total. The van der Waals surface area contributed by atoms with Crippen LogP contribution in [0.5, 0.6) is 0 Å². The van der Waals surface area contributed by atoms with Gasteiger partial charge in [0, 0.05) is 69.1 Å². The van der Waals surface area contributed by atoms with E-state index in [2.05, 4.69) is 156 Å². The van der Waals surface area contributed by atoms with Gasteiger partial charge in [-0.05, 0) is 105 Å². The minimum Gasteiger partial charge on any atom is -0.143 e. The predicted octanol–water partition coefficient (Wildman–Crippen LogP) is 21.6. The molecular formula is C54H78Br2S5Si2. The summed E-state index contributed by atoms with van der Waals surface area (Å²) in [6.45, 7) is 24.8. The van der Waals surface area contributed by atoms with E-state index in [9.17, 15) is 0 Å². The van der Waals surface area contributed by atoms with Crippen LogP contribution in [0.2, 0.25) is 39.3 Å². The van der Waals surface area contributed by atoms with Gasteiger partial charge in [-0.2, -0.15) is 0 Å². The van der Waals surface area contributed by atoms with Crippen LogP contribution in [0.3, 0.4) is 0 Å². The number of hydrogen-bond donors (Lipinski definition) is 0. The monoisotopic (exact) mass is 1100 g/mol. The summed E-state index contributed by atoms with van der Waals surface area (Å²) in [5, 5.41) is 9.55. The fourth-order valence-electron chi connectivity index (χ4n) is 10.3. The summed E-state index contributed by atoms with van der Waals surface area (Å²) >= 11 is 19.8. The minimum atomic E-state index is -1.63. The Morgan fingerprint density at radius 2 is 0.587 bits per heavy atom. The fraction of sp³-hybridized carbons (Fsp3) is 0.630. The molecule has 63 heavy (non-hydrogen) atoms. The van der Waals surface area contributed by atoms with Crippen molar-refractivity contribution >= 4 is 173 Å². The van der Waals surface area contributed by atoms with E-state index in [1.807, 2.05) is 0 Å². The van der Waals surface area contributed by atoms with Crippen molar-refractivity contribution in [2.45, 2.75) is 221 Å². The second kappa shape index (κ2) is 22.5. The van der Waals surface area contributed by atoms with E-state index < -0.39 is 16.1 Å². The third-order valence-corrected chi connectivity index (χ3v) is 30.0. The second-order valence-electron chi connectivity index (χ2n) is 21.0. The Kier molecular flexibility index (Phi) is 18.2. The van der Waals surface area contributed by atoms with Crippen LogP contribution in [-0.2, 0) is 25.7 Å².